The molecule has 0 radical (unpaired) electrons. The summed E-state index contributed by atoms with van der Waals surface area (Å²) in [4.78, 5) is 6.42. The molecular formula is C12H9N3O2. The number of hydrogen-bond donors (Lipinski definition) is 1. The van der Waals surface area contributed by atoms with Gasteiger partial charge in [-0.25, -0.2) is 0 Å². The lowest BCUT2D eigenvalue weighted by molar-refractivity contribution is 0.0584. The maximum Gasteiger partial charge on any atom is 0.314 e. The van der Waals surface area contributed by atoms with Crippen molar-refractivity contribution >= 4 is 11.0 Å². The average Bonchev–Trinajstić information content (AvgIpc) is 2.98. The van der Waals surface area contributed by atoms with Gasteiger partial charge in [-0.05, 0) is 29.5 Å². The molecule has 0 atom stereocenters. The number of aromatic nitrogens is 3. The summed E-state index contributed by atoms with van der Waals surface area (Å²) in [7, 11) is 0. The maximum atomic E-state index is 9.75. The van der Waals surface area contributed by atoms with Crippen LogP contribution in [0.2, 0.25) is 0 Å². The van der Waals surface area contributed by atoms with Crippen LogP contribution in [0.25, 0.3) is 11.0 Å². The molecule has 0 amide bonds. The number of rotatable bonds is 2. The largest absolute Gasteiger partial charge is 0.479 e. The van der Waals surface area contributed by atoms with Gasteiger partial charge in [0.1, 0.15) is 11.0 Å². The minimum atomic E-state index is -0.203. The van der Waals surface area contributed by atoms with Crippen molar-refractivity contribution in [1.82, 2.24) is 15.2 Å². The first-order chi connectivity index (χ1) is 8.34. The lowest BCUT2D eigenvalue weighted by Gasteiger charge is -2.03. The van der Waals surface area contributed by atoms with Gasteiger partial charge in [-0.1, -0.05) is 29.1 Å². The summed E-state index contributed by atoms with van der Waals surface area (Å²) in [6.07, 6.45) is 7.12. The highest BCUT2D eigenvalue weighted by Gasteiger charge is 2.09. The van der Waals surface area contributed by atoms with Gasteiger partial charge in [0.2, 0.25) is 0 Å². The Labute approximate surface area is 96.9 Å². The molecule has 3 rings (SSSR count). The van der Waals surface area contributed by atoms with Gasteiger partial charge in [0, 0.05) is 0 Å². The van der Waals surface area contributed by atoms with Crippen LogP contribution in [0.4, 0.5) is 0 Å². The second-order valence-electron chi connectivity index (χ2n) is 3.52. The summed E-state index contributed by atoms with van der Waals surface area (Å²) in [5.74, 6) is -0.203. The summed E-state index contributed by atoms with van der Waals surface area (Å²) in [5.41, 5.74) is 2.01. The zero-order valence-corrected chi connectivity index (χ0v) is 8.82. The summed E-state index contributed by atoms with van der Waals surface area (Å²) in [6.45, 7) is 0. The topological polar surface area (TPSA) is 60.2 Å². The van der Waals surface area contributed by atoms with Crippen LogP contribution in [0.3, 0.4) is 0 Å². The number of nitrogens with zero attached hydrogens (tertiary/aromatic N) is 3. The predicted octanol–water partition coefficient (Wildman–Crippen LogP) is 1.76. The Balaban J connectivity index is 1.98. The zero-order chi connectivity index (χ0) is 11.7. The van der Waals surface area contributed by atoms with Gasteiger partial charge < -0.3 is 9.94 Å². The second kappa shape index (κ2) is 3.79. The molecule has 1 aromatic carbocycles. The standard InChI is InChI=1S/C12H9N3O2/c16-12(9-5-1-2-6-9)17-15-11-8-4-3-7-10(11)13-14-15/h1-8,16H. The van der Waals surface area contributed by atoms with Gasteiger partial charge in [-0.15, -0.1) is 5.10 Å². The number of hydrogen-bond acceptors (Lipinski definition) is 4. The highest BCUT2D eigenvalue weighted by molar-refractivity contribution is 5.73. The van der Waals surface area contributed by atoms with Crippen LogP contribution in [0.15, 0.2) is 60.1 Å². The van der Waals surface area contributed by atoms with Crippen molar-refractivity contribution in [3.8, 4) is 0 Å². The molecular weight excluding hydrogens is 218 g/mol. The summed E-state index contributed by atoms with van der Waals surface area (Å²) >= 11 is 0. The van der Waals surface area contributed by atoms with Crippen LogP contribution < -0.4 is 4.84 Å². The summed E-state index contributed by atoms with van der Waals surface area (Å²) in [6, 6.07) is 7.35. The Morgan fingerprint density at radius 2 is 1.94 bits per heavy atom. The molecule has 1 heterocycles. The Kier molecular flexibility index (Phi) is 2.15. The van der Waals surface area contributed by atoms with Crippen molar-refractivity contribution in [1.29, 1.82) is 0 Å². The molecule has 5 nitrogen and oxygen atoms in total. The molecule has 0 bridgehead atoms. The van der Waals surface area contributed by atoms with Crippen molar-refractivity contribution < 1.29 is 9.94 Å². The highest BCUT2D eigenvalue weighted by Crippen LogP contribution is 2.13. The SMILES string of the molecule is OC(On1nnc2ccccc21)=C1C=CC=C1. The van der Waals surface area contributed by atoms with Crippen molar-refractivity contribution in [2.45, 2.75) is 0 Å². The van der Waals surface area contributed by atoms with Gasteiger partial charge in [0.25, 0.3) is 0 Å². The molecule has 1 aliphatic carbocycles. The molecule has 84 valence electrons. The number of aliphatic hydroxyl groups is 1. The molecule has 17 heavy (non-hydrogen) atoms. The molecule has 0 saturated heterocycles. The van der Waals surface area contributed by atoms with E-state index >= 15 is 0 Å². The monoisotopic (exact) mass is 227 g/mol. The average molecular weight is 227 g/mol. The van der Waals surface area contributed by atoms with Gasteiger partial charge >= 0.3 is 5.95 Å². The number of fused-ring (bicyclic) bond motifs is 1. The fourth-order valence-corrected chi connectivity index (χ4v) is 1.57. The fourth-order valence-electron chi connectivity index (χ4n) is 1.57. The third-order valence-electron chi connectivity index (χ3n) is 2.40. The lowest BCUT2D eigenvalue weighted by Crippen LogP contribution is -2.13. The molecule has 1 aliphatic rings. The van der Waals surface area contributed by atoms with E-state index in [4.69, 9.17) is 4.84 Å². The van der Waals surface area contributed by atoms with Crippen molar-refractivity contribution in [2.24, 2.45) is 0 Å². The fraction of sp³-hybridized carbons (Fsp3) is 0. The second-order valence-corrected chi connectivity index (χ2v) is 3.52. The van der Waals surface area contributed by atoms with Gasteiger partial charge in [-0.2, -0.15) is 0 Å². The van der Waals surface area contributed by atoms with Gasteiger partial charge in [0.15, 0.2) is 0 Å². The minimum absolute atomic E-state index is 0.203. The Morgan fingerprint density at radius 1 is 1.18 bits per heavy atom. The first-order valence-electron chi connectivity index (χ1n) is 5.11. The molecule has 0 saturated carbocycles. The van der Waals surface area contributed by atoms with Crippen molar-refractivity contribution in [3.05, 3.63) is 60.1 Å². The molecule has 0 aliphatic heterocycles. The summed E-state index contributed by atoms with van der Waals surface area (Å²) < 4.78 is 0. The third kappa shape index (κ3) is 1.67. The van der Waals surface area contributed by atoms with Crippen molar-refractivity contribution in [2.75, 3.05) is 0 Å². The zero-order valence-electron chi connectivity index (χ0n) is 8.82. The smallest absolute Gasteiger partial charge is 0.314 e. The van der Waals surface area contributed by atoms with E-state index < -0.39 is 0 Å². The van der Waals surface area contributed by atoms with Crippen LogP contribution in [0, 0.1) is 0 Å². The van der Waals surface area contributed by atoms with Gasteiger partial charge in [0.05, 0.1) is 5.57 Å². The van der Waals surface area contributed by atoms with E-state index in [1.807, 2.05) is 36.4 Å². The normalized spacial score (nSPS) is 13.5. The molecule has 0 fully saturated rings. The van der Waals surface area contributed by atoms with E-state index in [1.165, 1.54) is 4.85 Å². The van der Waals surface area contributed by atoms with Crippen LogP contribution in [-0.2, 0) is 0 Å². The molecule has 1 N–H and O–H groups in total. The Morgan fingerprint density at radius 3 is 2.76 bits per heavy atom. The number of allylic oxidation sites excluding steroid dienone is 5. The molecule has 2 aromatic rings. The predicted molar refractivity (Wildman–Crippen MR) is 62.0 cm³/mol. The first-order valence-corrected chi connectivity index (χ1v) is 5.11. The van der Waals surface area contributed by atoms with Gasteiger partial charge in [-0.3, -0.25) is 0 Å². The molecule has 0 spiro atoms. The first kappa shape index (κ1) is 9.65. The summed E-state index contributed by atoms with van der Waals surface area (Å²) in [5, 5.41) is 17.5. The van der Waals surface area contributed by atoms with E-state index in [-0.39, 0.29) is 5.95 Å². The van der Waals surface area contributed by atoms with Crippen molar-refractivity contribution in [3.63, 3.8) is 0 Å². The van der Waals surface area contributed by atoms with Crippen LogP contribution in [0.1, 0.15) is 0 Å². The lowest BCUT2D eigenvalue weighted by atomic mass is 10.3. The van der Waals surface area contributed by atoms with Crippen LogP contribution in [0.5, 0.6) is 0 Å². The van der Waals surface area contributed by atoms with Crippen LogP contribution >= 0.6 is 0 Å². The Hall–Kier alpha value is -2.56. The number of aliphatic hydroxyl groups excluding tert-OH is 1. The minimum Gasteiger partial charge on any atom is -0.479 e. The van der Waals surface area contributed by atoms with E-state index in [0.29, 0.717) is 16.6 Å². The highest BCUT2D eigenvalue weighted by atomic mass is 16.7. The van der Waals surface area contributed by atoms with E-state index in [9.17, 15) is 5.11 Å². The molecule has 0 unspecified atom stereocenters. The Bertz CT molecular complexity index is 639. The van der Waals surface area contributed by atoms with E-state index in [1.54, 1.807) is 12.2 Å². The third-order valence-corrected chi connectivity index (χ3v) is 2.40. The van der Waals surface area contributed by atoms with E-state index in [2.05, 4.69) is 10.3 Å². The molecule has 1 aromatic heterocycles. The number of para-hydroxylation sites is 1. The quantitative estimate of drug-likeness (QED) is 0.794. The van der Waals surface area contributed by atoms with E-state index in [0.717, 1.165) is 0 Å². The van der Waals surface area contributed by atoms with Crippen LogP contribution in [-0.4, -0.2) is 20.3 Å². The maximum absolute atomic E-state index is 9.75. The number of benzene rings is 1. The molecule has 5 heteroatoms.